The highest BCUT2D eigenvalue weighted by Gasteiger charge is 2.20. The lowest BCUT2D eigenvalue weighted by Gasteiger charge is -2.12. The van der Waals surface area contributed by atoms with Gasteiger partial charge in [0, 0.05) is 28.0 Å². The number of hydrogen-bond acceptors (Lipinski definition) is 1. The third-order valence-electron chi connectivity index (χ3n) is 7.08. The zero-order valence-corrected chi connectivity index (χ0v) is 18.3. The molecule has 0 atom stereocenters. The van der Waals surface area contributed by atoms with Gasteiger partial charge in [-0.1, -0.05) is 72.8 Å². The number of benzene rings is 5. The molecular weight excluding hydrogens is 414 g/mol. The molecule has 158 valence electrons. The SMILES string of the molecule is c1ccc(-n2c3cc4c(cc3c3c5ccccc5c5ccccc5c32)nc2ccccn24)cc1. The first-order valence-corrected chi connectivity index (χ1v) is 11.6. The van der Waals surface area contributed by atoms with Gasteiger partial charge in [0.1, 0.15) is 5.65 Å². The monoisotopic (exact) mass is 433 g/mol. The van der Waals surface area contributed by atoms with Crippen molar-refractivity contribution in [3.63, 3.8) is 0 Å². The Balaban J connectivity index is 1.72. The average Bonchev–Trinajstić information content (AvgIpc) is 3.43. The van der Waals surface area contributed by atoms with Gasteiger partial charge < -0.3 is 4.57 Å². The van der Waals surface area contributed by atoms with Crippen molar-refractivity contribution in [3.8, 4) is 5.69 Å². The van der Waals surface area contributed by atoms with Crippen LogP contribution in [0.5, 0.6) is 0 Å². The summed E-state index contributed by atoms with van der Waals surface area (Å²) >= 11 is 0. The van der Waals surface area contributed by atoms with E-state index in [0.717, 1.165) is 22.4 Å². The maximum absolute atomic E-state index is 4.95. The van der Waals surface area contributed by atoms with E-state index < -0.39 is 0 Å². The number of nitrogens with zero attached hydrogens (tertiary/aromatic N) is 3. The highest BCUT2D eigenvalue weighted by Crippen LogP contribution is 2.43. The Bertz CT molecular complexity index is 2060. The standard InChI is InChI=1S/C31H19N3/c1-2-10-20(11-3-1)34-27-19-28-26(32-29-16-8-9-17-33(28)29)18-25(27)30-23-14-6-4-12-21(23)22-13-5-7-15-24(22)31(30)34/h1-19H. The third kappa shape index (κ3) is 2.23. The van der Waals surface area contributed by atoms with Gasteiger partial charge in [0.15, 0.2) is 0 Å². The van der Waals surface area contributed by atoms with E-state index in [1.807, 2.05) is 6.07 Å². The molecule has 0 spiro atoms. The fourth-order valence-electron chi connectivity index (χ4n) is 5.68. The minimum absolute atomic E-state index is 0.969. The van der Waals surface area contributed by atoms with Crippen molar-refractivity contribution in [1.29, 1.82) is 0 Å². The molecule has 0 N–H and O–H groups in total. The number of fused-ring (bicyclic) bond motifs is 11. The lowest BCUT2D eigenvalue weighted by molar-refractivity contribution is 1.18. The summed E-state index contributed by atoms with van der Waals surface area (Å²) in [7, 11) is 0. The zero-order valence-electron chi connectivity index (χ0n) is 18.3. The molecule has 0 fully saturated rings. The van der Waals surface area contributed by atoms with Crippen molar-refractivity contribution in [2.45, 2.75) is 0 Å². The normalized spacial score (nSPS) is 12.1. The maximum Gasteiger partial charge on any atom is 0.137 e. The Morgan fingerprint density at radius 1 is 0.529 bits per heavy atom. The van der Waals surface area contributed by atoms with E-state index in [1.54, 1.807) is 0 Å². The van der Waals surface area contributed by atoms with Crippen LogP contribution in [0.3, 0.4) is 0 Å². The van der Waals surface area contributed by atoms with Crippen LogP contribution in [0.1, 0.15) is 0 Å². The zero-order chi connectivity index (χ0) is 22.2. The summed E-state index contributed by atoms with van der Waals surface area (Å²) in [5, 5.41) is 7.62. The molecule has 0 bridgehead atoms. The van der Waals surface area contributed by atoms with Gasteiger partial charge in [-0.25, -0.2) is 4.98 Å². The lowest BCUT2D eigenvalue weighted by Crippen LogP contribution is -1.94. The Morgan fingerprint density at radius 3 is 2.03 bits per heavy atom. The average molecular weight is 434 g/mol. The van der Waals surface area contributed by atoms with Crippen molar-refractivity contribution in [1.82, 2.24) is 14.0 Å². The molecule has 0 aliphatic carbocycles. The predicted octanol–water partition coefficient (Wildman–Crippen LogP) is 7.89. The molecule has 3 aromatic heterocycles. The quantitative estimate of drug-likeness (QED) is 0.241. The molecule has 8 aromatic rings. The van der Waals surface area contributed by atoms with Crippen LogP contribution in [0, 0.1) is 0 Å². The summed E-state index contributed by atoms with van der Waals surface area (Å²) < 4.78 is 4.61. The summed E-state index contributed by atoms with van der Waals surface area (Å²) in [5.74, 6) is 0. The molecule has 3 heterocycles. The Kier molecular flexibility index (Phi) is 3.39. The van der Waals surface area contributed by atoms with Crippen LogP contribution in [-0.2, 0) is 0 Å². The van der Waals surface area contributed by atoms with Crippen molar-refractivity contribution in [3.05, 3.63) is 115 Å². The molecule has 0 saturated heterocycles. The van der Waals surface area contributed by atoms with Crippen LogP contribution in [0.15, 0.2) is 115 Å². The number of imidazole rings is 1. The molecule has 3 nitrogen and oxygen atoms in total. The van der Waals surface area contributed by atoms with Crippen LogP contribution in [0.25, 0.3) is 65.7 Å². The van der Waals surface area contributed by atoms with Gasteiger partial charge in [0.05, 0.1) is 22.1 Å². The van der Waals surface area contributed by atoms with Crippen LogP contribution in [0.4, 0.5) is 0 Å². The number of pyridine rings is 1. The van der Waals surface area contributed by atoms with Crippen molar-refractivity contribution in [2.24, 2.45) is 0 Å². The van der Waals surface area contributed by atoms with Crippen molar-refractivity contribution in [2.75, 3.05) is 0 Å². The first kappa shape index (κ1) is 17.9. The van der Waals surface area contributed by atoms with Crippen molar-refractivity contribution < 1.29 is 0 Å². The topological polar surface area (TPSA) is 22.2 Å². The van der Waals surface area contributed by atoms with Gasteiger partial charge in [-0.15, -0.1) is 0 Å². The van der Waals surface area contributed by atoms with Gasteiger partial charge >= 0.3 is 0 Å². The number of aromatic nitrogens is 3. The van der Waals surface area contributed by atoms with Crippen molar-refractivity contribution >= 4 is 60.0 Å². The summed E-state index contributed by atoms with van der Waals surface area (Å²) in [4.78, 5) is 4.95. The van der Waals surface area contributed by atoms with Gasteiger partial charge in [-0.3, -0.25) is 4.40 Å². The van der Waals surface area contributed by atoms with E-state index in [1.165, 1.54) is 43.4 Å². The fraction of sp³-hybridized carbons (Fsp3) is 0. The summed E-state index contributed by atoms with van der Waals surface area (Å²) in [6.45, 7) is 0. The molecule has 0 aliphatic rings. The van der Waals surface area contributed by atoms with Crippen LogP contribution < -0.4 is 0 Å². The van der Waals surface area contributed by atoms with Crippen LogP contribution in [-0.4, -0.2) is 14.0 Å². The van der Waals surface area contributed by atoms with Gasteiger partial charge in [0.2, 0.25) is 0 Å². The number of rotatable bonds is 1. The molecule has 0 unspecified atom stereocenters. The molecule has 3 heteroatoms. The second-order valence-electron chi connectivity index (χ2n) is 8.88. The van der Waals surface area contributed by atoms with E-state index in [9.17, 15) is 0 Å². The van der Waals surface area contributed by atoms with Gasteiger partial charge in [-0.2, -0.15) is 0 Å². The second-order valence-corrected chi connectivity index (χ2v) is 8.88. The molecule has 0 aliphatic heterocycles. The lowest BCUT2D eigenvalue weighted by atomic mass is 9.97. The molecule has 0 radical (unpaired) electrons. The van der Waals surface area contributed by atoms with Crippen LogP contribution in [0.2, 0.25) is 0 Å². The van der Waals surface area contributed by atoms with E-state index in [-0.39, 0.29) is 0 Å². The molecular formula is C31H19N3. The van der Waals surface area contributed by atoms with Gasteiger partial charge in [0.25, 0.3) is 0 Å². The second kappa shape index (κ2) is 6.46. The smallest absolute Gasteiger partial charge is 0.137 e. The minimum Gasteiger partial charge on any atom is -0.309 e. The third-order valence-corrected chi connectivity index (χ3v) is 7.08. The summed E-state index contributed by atoms with van der Waals surface area (Å²) in [6, 6.07) is 39.0. The molecule has 34 heavy (non-hydrogen) atoms. The first-order chi connectivity index (χ1) is 16.9. The highest BCUT2D eigenvalue weighted by atomic mass is 15.0. The van der Waals surface area contributed by atoms with E-state index in [2.05, 4.69) is 118 Å². The predicted molar refractivity (Wildman–Crippen MR) is 142 cm³/mol. The Labute approximate surface area is 195 Å². The molecule has 8 rings (SSSR count). The van der Waals surface area contributed by atoms with E-state index in [0.29, 0.717) is 0 Å². The molecule has 0 amide bonds. The number of para-hydroxylation sites is 1. The van der Waals surface area contributed by atoms with Crippen LogP contribution >= 0.6 is 0 Å². The Hall–Kier alpha value is -4.63. The maximum atomic E-state index is 4.95. The van der Waals surface area contributed by atoms with E-state index in [4.69, 9.17) is 4.98 Å². The summed E-state index contributed by atoms with van der Waals surface area (Å²) in [5.41, 5.74) is 6.71. The number of hydrogen-bond donors (Lipinski definition) is 0. The molecule has 0 saturated carbocycles. The Morgan fingerprint density at radius 2 is 1.21 bits per heavy atom. The minimum atomic E-state index is 0.969. The fourth-order valence-corrected chi connectivity index (χ4v) is 5.68. The van der Waals surface area contributed by atoms with E-state index >= 15 is 0 Å². The first-order valence-electron chi connectivity index (χ1n) is 11.6. The molecule has 5 aromatic carbocycles. The van der Waals surface area contributed by atoms with Gasteiger partial charge in [-0.05, 0) is 52.6 Å². The highest BCUT2D eigenvalue weighted by molar-refractivity contribution is 6.32. The summed E-state index contributed by atoms with van der Waals surface area (Å²) in [6.07, 6.45) is 2.09. The largest absolute Gasteiger partial charge is 0.309 e.